The molecule has 0 atom stereocenters. The Morgan fingerprint density at radius 1 is 1.29 bits per heavy atom. The number of nitrogens with two attached hydrogens (primary N) is 1. The third-order valence-electron chi connectivity index (χ3n) is 3.04. The number of hydrogen-bond donors (Lipinski definition) is 1. The second-order valence-electron chi connectivity index (χ2n) is 4.09. The third kappa shape index (κ3) is 1.76. The van der Waals surface area contributed by atoms with Gasteiger partial charge in [0.05, 0.1) is 28.7 Å². The Bertz CT molecular complexity index is 617. The van der Waals surface area contributed by atoms with Crippen molar-refractivity contribution in [3.63, 3.8) is 0 Å². The lowest BCUT2D eigenvalue weighted by Crippen LogP contribution is -2.04. The second kappa shape index (κ2) is 3.95. The molecule has 86 valence electrons. The maximum Gasteiger partial charge on any atom is 0.0992 e. The van der Waals surface area contributed by atoms with E-state index in [0.29, 0.717) is 11.3 Å². The standard InChI is InChI=1S/C13H14N4/c1-8-9(2)16-17(10(8)3)13-6-11(7-14)4-5-12(13)15/h4-6H,15H2,1-3H3. The zero-order chi connectivity index (χ0) is 12.6. The zero-order valence-corrected chi connectivity index (χ0v) is 10.2. The van der Waals surface area contributed by atoms with Crippen LogP contribution in [0, 0.1) is 32.1 Å². The van der Waals surface area contributed by atoms with Crippen LogP contribution in [0.25, 0.3) is 5.69 Å². The summed E-state index contributed by atoms with van der Waals surface area (Å²) in [6.07, 6.45) is 0. The average molecular weight is 226 g/mol. The number of benzene rings is 1. The largest absolute Gasteiger partial charge is 0.397 e. The molecule has 0 spiro atoms. The molecule has 0 saturated heterocycles. The van der Waals surface area contributed by atoms with E-state index in [9.17, 15) is 0 Å². The van der Waals surface area contributed by atoms with E-state index in [1.807, 2.05) is 20.8 Å². The van der Waals surface area contributed by atoms with Crippen LogP contribution in [0.5, 0.6) is 0 Å². The molecular weight excluding hydrogens is 212 g/mol. The first-order valence-electron chi connectivity index (χ1n) is 5.37. The van der Waals surface area contributed by atoms with Crippen molar-refractivity contribution < 1.29 is 0 Å². The van der Waals surface area contributed by atoms with Gasteiger partial charge in [-0.3, -0.25) is 0 Å². The number of rotatable bonds is 1. The molecule has 0 fully saturated rings. The maximum atomic E-state index is 8.91. The van der Waals surface area contributed by atoms with Crippen LogP contribution in [0.15, 0.2) is 18.2 Å². The van der Waals surface area contributed by atoms with Crippen molar-refractivity contribution in [2.75, 3.05) is 5.73 Å². The summed E-state index contributed by atoms with van der Waals surface area (Å²) in [5, 5.41) is 13.4. The SMILES string of the molecule is Cc1nn(-c2cc(C#N)ccc2N)c(C)c1C. The van der Waals surface area contributed by atoms with Crippen molar-refractivity contribution in [3.05, 3.63) is 40.7 Å². The van der Waals surface area contributed by atoms with E-state index in [-0.39, 0.29) is 0 Å². The van der Waals surface area contributed by atoms with E-state index >= 15 is 0 Å². The van der Waals surface area contributed by atoms with Gasteiger partial charge in [-0.25, -0.2) is 4.68 Å². The first kappa shape index (κ1) is 11.2. The van der Waals surface area contributed by atoms with E-state index in [4.69, 9.17) is 11.0 Å². The number of nitrogens with zero attached hydrogens (tertiary/aromatic N) is 3. The van der Waals surface area contributed by atoms with Crippen molar-refractivity contribution in [2.45, 2.75) is 20.8 Å². The number of anilines is 1. The van der Waals surface area contributed by atoms with Crippen molar-refractivity contribution in [1.82, 2.24) is 9.78 Å². The van der Waals surface area contributed by atoms with Gasteiger partial charge in [-0.1, -0.05) is 0 Å². The number of hydrogen-bond acceptors (Lipinski definition) is 3. The fraction of sp³-hybridized carbons (Fsp3) is 0.231. The molecule has 0 aliphatic rings. The summed E-state index contributed by atoms with van der Waals surface area (Å²) in [5.41, 5.74) is 11.1. The molecule has 0 amide bonds. The quantitative estimate of drug-likeness (QED) is 0.758. The number of aryl methyl sites for hydroxylation is 1. The summed E-state index contributed by atoms with van der Waals surface area (Å²) in [5.74, 6) is 0. The van der Waals surface area contributed by atoms with Gasteiger partial charge in [0.15, 0.2) is 0 Å². The lowest BCUT2D eigenvalue weighted by atomic mass is 10.2. The highest BCUT2D eigenvalue weighted by molar-refractivity contribution is 5.61. The Morgan fingerprint density at radius 2 is 2.00 bits per heavy atom. The normalized spacial score (nSPS) is 10.2. The monoisotopic (exact) mass is 226 g/mol. The fourth-order valence-corrected chi connectivity index (χ4v) is 1.75. The highest BCUT2D eigenvalue weighted by Crippen LogP contribution is 2.22. The van der Waals surface area contributed by atoms with E-state index in [0.717, 1.165) is 22.6 Å². The molecule has 0 aliphatic carbocycles. The summed E-state index contributed by atoms with van der Waals surface area (Å²) < 4.78 is 1.79. The maximum absolute atomic E-state index is 8.91. The van der Waals surface area contributed by atoms with E-state index in [2.05, 4.69) is 11.2 Å². The lowest BCUT2D eigenvalue weighted by molar-refractivity contribution is 0.835. The zero-order valence-electron chi connectivity index (χ0n) is 10.2. The van der Waals surface area contributed by atoms with Gasteiger partial charge in [0, 0.05) is 5.69 Å². The molecule has 1 heterocycles. The van der Waals surface area contributed by atoms with Crippen LogP contribution in [0.2, 0.25) is 0 Å². The van der Waals surface area contributed by atoms with Gasteiger partial charge in [0.1, 0.15) is 0 Å². The van der Waals surface area contributed by atoms with Crippen molar-refractivity contribution in [2.24, 2.45) is 0 Å². The molecule has 2 aromatic rings. The molecule has 1 aromatic carbocycles. The fourth-order valence-electron chi connectivity index (χ4n) is 1.75. The molecule has 17 heavy (non-hydrogen) atoms. The van der Waals surface area contributed by atoms with E-state index < -0.39 is 0 Å². The first-order chi connectivity index (χ1) is 8.04. The van der Waals surface area contributed by atoms with Crippen LogP contribution in [0.1, 0.15) is 22.5 Å². The molecule has 0 bridgehead atoms. The third-order valence-corrected chi connectivity index (χ3v) is 3.04. The van der Waals surface area contributed by atoms with E-state index in [1.165, 1.54) is 0 Å². The second-order valence-corrected chi connectivity index (χ2v) is 4.09. The number of nitrogen functional groups attached to an aromatic ring is 1. The summed E-state index contributed by atoms with van der Waals surface area (Å²) in [6, 6.07) is 7.31. The van der Waals surface area contributed by atoms with Crippen LogP contribution in [-0.2, 0) is 0 Å². The predicted octanol–water partition coefficient (Wildman–Crippen LogP) is 2.25. The van der Waals surface area contributed by atoms with Crippen LogP contribution in [0.3, 0.4) is 0 Å². The molecule has 4 nitrogen and oxygen atoms in total. The molecule has 0 unspecified atom stereocenters. The minimum absolute atomic E-state index is 0.583. The Morgan fingerprint density at radius 3 is 2.53 bits per heavy atom. The van der Waals surface area contributed by atoms with Crippen LogP contribution in [0.4, 0.5) is 5.69 Å². The Kier molecular flexibility index (Phi) is 2.60. The molecule has 1 aromatic heterocycles. The Hall–Kier alpha value is -2.28. The van der Waals surface area contributed by atoms with Crippen molar-refractivity contribution in [1.29, 1.82) is 5.26 Å². The Labute approximate surface area is 100 Å². The van der Waals surface area contributed by atoms with Gasteiger partial charge in [-0.15, -0.1) is 0 Å². The summed E-state index contributed by atoms with van der Waals surface area (Å²) in [6.45, 7) is 5.98. The van der Waals surface area contributed by atoms with Crippen LogP contribution in [-0.4, -0.2) is 9.78 Å². The smallest absolute Gasteiger partial charge is 0.0992 e. The van der Waals surface area contributed by atoms with Crippen molar-refractivity contribution >= 4 is 5.69 Å². The number of nitriles is 1. The molecule has 2 N–H and O–H groups in total. The predicted molar refractivity (Wildman–Crippen MR) is 66.9 cm³/mol. The van der Waals surface area contributed by atoms with Gasteiger partial charge in [0.25, 0.3) is 0 Å². The van der Waals surface area contributed by atoms with E-state index in [1.54, 1.807) is 22.9 Å². The molecule has 4 heteroatoms. The topological polar surface area (TPSA) is 67.6 Å². The summed E-state index contributed by atoms with van der Waals surface area (Å²) in [4.78, 5) is 0. The van der Waals surface area contributed by atoms with Gasteiger partial charge in [-0.2, -0.15) is 10.4 Å². The minimum atomic E-state index is 0.583. The molecular formula is C13H14N4. The highest BCUT2D eigenvalue weighted by atomic mass is 15.3. The minimum Gasteiger partial charge on any atom is -0.397 e. The van der Waals surface area contributed by atoms with Gasteiger partial charge in [0.2, 0.25) is 0 Å². The molecule has 0 saturated carbocycles. The summed E-state index contributed by atoms with van der Waals surface area (Å²) in [7, 11) is 0. The molecule has 2 rings (SSSR count). The Balaban J connectivity index is 2.68. The van der Waals surface area contributed by atoms with Crippen molar-refractivity contribution in [3.8, 4) is 11.8 Å². The van der Waals surface area contributed by atoms with Crippen LogP contribution >= 0.6 is 0 Å². The van der Waals surface area contributed by atoms with Gasteiger partial charge >= 0.3 is 0 Å². The first-order valence-corrected chi connectivity index (χ1v) is 5.37. The number of aromatic nitrogens is 2. The molecule has 0 radical (unpaired) electrons. The van der Waals surface area contributed by atoms with Gasteiger partial charge < -0.3 is 5.73 Å². The summed E-state index contributed by atoms with van der Waals surface area (Å²) >= 11 is 0. The van der Waals surface area contributed by atoms with Crippen LogP contribution < -0.4 is 5.73 Å². The molecule has 0 aliphatic heterocycles. The lowest BCUT2D eigenvalue weighted by Gasteiger charge is -2.08. The van der Waals surface area contributed by atoms with Gasteiger partial charge in [-0.05, 0) is 44.5 Å². The highest BCUT2D eigenvalue weighted by Gasteiger charge is 2.11. The average Bonchev–Trinajstić information content (AvgIpc) is 2.58.